The van der Waals surface area contributed by atoms with E-state index in [1.807, 2.05) is 0 Å². The molecule has 17 heavy (non-hydrogen) atoms. The number of nitrogens with zero attached hydrogens (tertiary/aromatic N) is 1. The molecule has 1 fully saturated rings. The summed E-state index contributed by atoms with van der Waals surface area (Å²) in [6.45, 7) is 2.95. The molecule has 90 valence electrons. The van der Waals surface area contributed by atoms with Crippen LogP contribution in [0.5, 0.6) is 5.75 Å². The second-order valence-electron chi connectivity index (χ2n) is 3.76. The number of halogens is 1. The molecule has 0 amide bonds. The van der Waals surface area contributed by atoms with Gasteiger partial charge >= 0.3 is 0 Å². The fourth-order valence-electron chi connectivity index (χ4n) is 1.60. The van der Waals surface area contributed by atoms with Gasteiger partial charge in [0.25, 0.3) is 0 Å². The minimum atomic E-state index is 0.0892. The second kappa shape index (κ2) is 6.01. The van der Waals surface area contributed by atoms with E-state index in [1.54, 1.807) is 18.2 Å². The van der Waals surface area contributed by atoms with Crippen molar-refractivity contribution in [3.8, 4) is 11.8 Å². The first kappa shape index (κ1) is 12.4. The first-order valence-corrected chi connectivity index (χ1v) is 6.23. The molecule has 4 nitrogen and oxygen atoms in total. The number of nitrogens with one attached hydrogen (secondary N) is 1. The molecule has 1 saturated heterocycles. The molecule has 1 aliphatic rings. The molecule has 0 aliphatic carbocycles. The summed E-state index contributed by atoms with van der Waals surface area (Å²) < 4.78 is 12.0. The minimum Gasteiger partial charge on any atom is -0.490 e. The Morgan fingerprint density at radius 1 is 1.59 bits per heavy atom. The van der Waals surface area contributed by atoms with Crippen LogP contribution in [0.2, 0.25) is 0 Å². The topological polar surface area (TPSA) is 54.3 Å². The summed E-state index contributed by atoms with van der Waals surface area (Å²) in [5, 5.41) is 12.0. The van der Waals surface area contributed by atoms with E-state index >= 15 is 0 Å². The average molecular weight is 297 g/mol. The van der Waals surface area contributed by atoms with E-state index in [2.05, 4.69) is 27.3 Å². The Kier molecular flexibility index (Phi) is 4.37. The van der Waals surface area contributed by atoms with Crippen molar-refractivity contribution in [2.45, 2.75) is 6.10 Å². The number of morpholine rings is 1. The summed E-state index contributed by atoms with van der Waals surface area (Å²) in [6, 6.07) is 7.35. The molecule has 0 radical (unpaired) electrons. The summed E-state index contributed by atoms with van der Waals surface area (Å²) in [4.78, 5) is 0. The van der Waals surface area contributed by atoms with E-state index in [9.17, 15) is 0 Å². The SMILES string of the molecule is N#Cc1ccc(OCC2CNCCO2)c(Br)c1. The van der Waals surface area contributed by atoms with Crippen molar-refractivity contribution in [3.05, 3.63) is 28.2 Å². The molecule has 1 heterocycles. The summed E-state index contributed by atoms with van der Waals surface area (Å²) in [5.74, 6) is 0.734. The lowest BCUT2D eigenvalue weighted by molar-refractivity contribution is 0.0000429. The molecule has 1 aromatic rings. The highest BCUT2D eigenvalue weighted by Gasteiger charge is 2.14. The highest BCUT2D eigenvalue weighted by atomic mass is 79.9. The highest BCUT2D eigenvalue weighted by Crippen LogP contribution is 2.26. The molecular weight excluding hydrogens is 284 g/mol. The predicted octanol–water partition coefficient (Wildman–Crippen LogP) is 1.69. The van der Waals surface area contributed by atoms with Crippen LogP contribution >= 0.6 is 15.9 Å². The zero-order valence-electron chi connectivity index (χ0n) is 9.28. The molecule has 2 rings (SSSR count). The smallest absolute Gasteiger partial charge is 0.133 e. The van der Waals surface area contributed by atoms with Gasteiger partial charge in [-0.25, -0.2) is 0 Å². The Bertz CT molecular complexity index is 425. The Hall–Kier alpha value is -1.09. The largest absolute Gasteiger partial charge is 0.490 e. The lowest BCUT2D eigenvalue weighted by Gasteiger charge is -2.23. The van der Waals surface area contributed by atoms with Crippen LogP contribution in [0.1, 0.15) is 5.56 Å². The molecule has 1 aliphatic heterocycles. The summed E-state index contributed by atoms with van der Waals surface area (Å²) in [7, 11) is 0. The van der Waals surface area contributed by atoms with E-state index in [-0.39, 0.29) is 6.10 Å². The van der Waals surface area contributed by atoms with Gasteiger partial charge in [-0.05, 0) is 34.1 Å². The quantitative estimate of drug-likeness (QED) is 0.922. The zero-order chi connectivity index (χ0) is 12.1. The Morgan fingerprint density at radius 2 is 2.47 bits per heavy atom. The molecule has 0 bridgehead atoms. The molecule has 1 atom stereocenters. The normalized spacial score (nSPS) is 19.6. The van der Waals surface area contributed by atoms with E-state index in [1.165, 1.54) is 0 Å². The van der Waals surface area contributed by atoms with Crippen LogP contribution in [0, 0.1) is 11.3 Å². The maximum absolute atomic E-state index is 8.75. The third-order valence-electron chi connectivity index (χ3n) is 2.49. The van der Waals surface area contributed by atoms with Crippen LogP contribution in [-0.4, -0.2) is 32.4 Å². The van der Waals surface area contributed by atoms with Gasteiger partial charge < -0.3 is 14.8 Å². The first-order valence-electron chi connectivity index (χ1n) is 5.44. The Balaban J connectivity index is 1.92. The fourth-order valence-corrected chi connectivity index (χ4v) is 2.09. The zero-order valence-corrected chi connectivity index (χ0v) is 10.9. The summed E-state index contributed by atoms with van der Waals surface area (Å²) in [5.41, 5.74) is 0.611. The molecular formula is C12H13BrN2O2. The van der Waals surface area contributed by atoms with Crippen LogP contribution in [-0.2, 0) is 4.74 Å². The fraction of sp³-hybridized carbons (Fsp3) is 0.417. The van der Waals surface area contributed by atoms with Gasteiger partial charge in [0.2, 0.25) is 0 Å². The van der Waals surface area contributed by atoms with Gasteiger partial charge in [-0.3, -0.25) is 0 Å². The number of hydrogen-bond donors (Lipinski definition) is 1. The van der Waals surface area contributed by atoms with Crippen LogP contribution in [0.25, 0.3) is 0 Å². The molecule has 1 unspecified atom stereocenters. The third-order valence-corrected chi connectivity index (χ3v) is 3.11. The Labute approximate surface area is 109 Å². The van der Waals surface area contributed by atoms with Crippen LogP contribution in [0.15, 0.2) is 22.7 Å². The van der Waals surface area contributed by atoms with E-state index < -0.39 is 0 Å². The van der Waals surface area contributed by atoms with E-state index in [0.717, 1.165) is 29.9 Å². The van der Waals surface area contributed by atoms with Crippen molar-refractivity contribution in [2.75, 3.05) is 26.3 Å². The number of nitriles is 1. The maximum atomic E-state index is 8.75. The maximum Gasteiger partial charge on any atom is 0.133 e. The van der Waals surface area contributed by atoms with Crippen LogP contribution in [0.4, 0.5) is 0 Å². The lowest BCUT2D eigenvalue weighted by atomic mass is 10.2. The van der Waals surface area contributed by atoms with Crippen LogP contribution < -0.4 is 10.1 Å². The van der Waals surface area contributed by atoms with Crippen molar-refractivity contribution < 1.29 is 9.47 Å². The molecule has 1 N–H and O–H groups in total. The van der Waals surface area contributed by atoms with Crippen molar-refractivity contribution in [2.24, 2.45) is 0 Å². The van der Waals surface area contributed by atoms with Crippen molar-refractivity contribution in [1.82, 2.24) is 5.32 Å². The van der Waals surface area contributed by atoms with Gasteiger partial charge in [0.1, 0.15) is 18.5 Å². The molecule has 0 saturated carbocycles. The van der Waals surface area contributed by atoms with Gasteiger partial charge in [-0.1, -0.05) is 0 Å². The van der Waals surface area contributed by atoms with Crippen LogP contribution in [0.3, 0.4) is 0 Å². The minimum absolute atomic E-state index is 0.0892. The van der Waals surface area contributed by atoms with Gasteiger partial charge in [0.05, 0.1) is 22.7 Å². The number of ether oxygens (including phenoxy) is 2. The van der Waals surface area contributed by atoms with Gasteiger partial charge in [0, 0.05) is 13.1 Å². The molecule has 0 spiro atoms. The molecule has 1 aromatic carbocycles. The van der Waals surface area contributed by atoms with Gasteiger partial charge in [-0.2, -0.15) is 5.26 Å². The molecule has 5 heteroatoms. The standard InChI is InChI=1S/C12H13BrN2O2/c13-11-5-9(6-14)1-2-12(11)17-8-10-7-15-3-4-16-10/h1-2,5,10,15H,3-4,7-8H2. The highest BCUT2D eigenvalue weighted by molar-refractivity contribution is 9.10. The Morgan fingerprint density at radius 3 is 3.12 bits per heavy atom. The second-order valence-corrected chi connectivity index (χ2v) is 4.62. The third kappa shape index (κ3) is 3.43. The lowest BCUT2D eigenvalue weighted by Crippen LogP contribution is -2.41. The first-order chi connectivity index (χ1) is 8.29. The number of hydrogen-bond acceptors (Lipinski definition) is 4. The summed E-state index contributed by atoms with van der Waals surface area (Å²) >= 11 is 3.38. The molecule has 0 aromatic heterocycles. The van der Waals surface area contributed by atoms with Crippen molar-refractivity contribution in [1.29, 1.82) is 5.26 Å². The summed E-state index contributed by atoms with van der Waals surface area (Å²) in [6.07, 6.45) is 0.0892. The van der Waals surface area contributed by atoms with E-state index in [0.29, 0.717) is 12.2 Å². The number of benzene rings is 1. The van der Waals surface area contributed by atoms with Gasteiger partial charge in [0.15, 0.2) is 0 Å². The van der Waals surface area contributed by atoms with Crippen molar-refractivity contribution in [3.63, 3.8) is 0 Å². The van der Waals surface area contributed by atoms with Crippen molar-refractivity contribution >= 4 is 15.9 Å². The predicted molar refractivity (Wildman–Crippen MR) is 67.0 cm³/mol. The van der Waals surface area contributed by atoms with Gasteiger partial charge in [-0.15, -0.1) is 0 Å². The van der Waals surface area contributed by atoms with E-state index in [4.69, 9.17) is 14.7 Å². The number of rotatable bonds is 3. The average Bonchev–Trinajstić information content (AvgIpc) is 2.38. The monoisotopic (exact) mass is 296 g/mol.